The van der Waals surface area contributed by atoms with Gasteiger partial charge in [-0.2, -0.15) is 5.10 Å². The van der Waals surface area contributed by atoms with Gasteiger partial charge in [-0.1, -0.05) is 29.8 Å². The fourth-order valence-corrected chi connectivity index (χ4v) is 2.20. The largest absolute Gasteiger partial charge is 0.331 e. The molecule has 0 saturated carbocycles. The van der Waals surface area contributed by atoms with Crippen molar-refractivity contribution in [2.24, 2.45) is 5.10 Å². The van der Waals surface area contributed by atoms with Crippen LogP contribution in [0.25, 0.3) is 0 Å². The van der Waals surface area contributed by atoms with Gasteiger partial charge < -0.3 is 5.32 Å². The normalized spacial score (nSPS) is 10.7. The highest BCUT2D eigenvalue weighted by Crippen LogP contribution is 2.18. The van der Waals surface area contributed by atoms with Gasteiger partial charge in [0.2, 0.25) is 0 Å². The third-order valence-electron chi connectivity index (χ3n) is 3.21. The maximum atomic E-state index is 13.6. The summed E-state index contributed by atoms with van der Waals surface area (Å²) in [6, 6.07) is 10.3. The van der Waals surface area contributed by atoms with Crippen LogP contribution in [0.1, 0.15) is 16.7 Å². The number of aryl methyl sites for hydroxylation is 1. The molecule has 0 bridgehead atoms. The Morgan fingerprint density at radius 1 is 1.23 bits per heavy atom. The van der Waals surface area contributed by atoms with E-state index >= 15 is 0 Å². The lowest BCUT2D eigenvalue weighted by molar-refractivity contribution is 0.626. The molecule has 0 saturated heterocycles. The SMILES string of the molecule is Cc1cccc(NC(=S)NN=Cc2c(F)cccc2Cl)c1C. The predicted molar refractivity (Wildman–Crippen MR) is 94.3 cm³/mol. The van der Waals surface area contributed by atoms with Gasteiger partial charge >= 0.3 is 0 Å². The highest BCUT2D eigenvalue weighted by atomic mass is 35.5. The molecule has 114 valence electrons. The van der Waals surface area contributed by atoms with Crippen molar-refractivity contribution in [1.29, 1.82) is 0 Å². The van der Waals surface area contributed by atoms with Crippen LogP contribution in [0.15, 0.2) is 41.5 Å². The number of hydrogen-bond acceptors (Lipinski definition) is 2. The van der Waals surface area contributed by atoms with Gasteiger partial charge in [-0.25, -0.2) is 4.39 Å². The molecule has 0 aromatic heterocycles. The van der Waals surface area contributed by atoms with Crippen LogP contribution in [0.5, 0.6) is 0 Å². The minimum atomic E-state index is -0.438. The van der Waals surface area contributed by atoms with Crippen molar-refractivity contribution in [2.75, 3.05) is 5.32 Å². The quantitative estimate of drug-likeness (QED) is 0.495. The van der Waals surface area contributed by atoms with Crippen LogP contribution < -0.4 is 10.7 Å². The molecule has 0 heterocycles. The number of thiocarbonyl (C=S) groups is 1. The Hall–Kier alpha value is -1.98. The van der Waals surface area contributed by atoms with E-state index in [1.165, 1.54) is 18.3 Å². The molecule has 0 fully saturated rings. The Morgan fingerprint density at radius 2 is 1.95 bits per heavy atom. The molecule has 6 heteroatoms. The molecule has 0 unspecified atom stereocenters. The van der Waals surface area contributed by atoms with Crippen molar-refractivity contribution >= 4 is 40.8 Å². The molecule has 0 amide bonds. The Bertz CT molecular complexity index is 711. The van der Waals surface area contributed by atoms with Gasteiger partial charge in [-0.05, 0) is 55.4 Å². The summed E-state index contributed by atoms with van der Waals surface area (Å²) in [7, 11) is 0. The van der Waals surface area contributed by atoms with Crippen molar-refractivity contribution in [3.63, 3.8) is 0 Å². The lowest BCUT2D eigenvalue weighted by atomic mass is 10.1. The maximum absolute atomic E-state index is 13.6. The van der Waals surface area contributed by atoms with Crippen molar-refractivity contribution in [3.8, 4) is 0 Å². The van der Waals surface area contributed by atoms with Crippen LogP contribution in [-0.4, -0.2) is 11.3 Å². The van der Waals surface area contributed by atoms with Gasteiger partial charge in [0, 0.05) is 11.3 Å². The van der Waals surface area contributed by atoms with E-state index in [0.717, 1.165) is 16.8 Å². The van der Waals surface area contributed by atoms with Gasteiger partial charge in [0.15, 0.2) is 5.11 Å². The minimum absolute atomic E-state index is 0.214. The molecule has 0 radical (unpaired) electrons. The first-order valence-electron chi connectivity index (χ1n) is 6.59. The fourth-order valence-electron chi connectivity index (χ4n) is 1.83. The molecular formula is C16H15ClFN3S. The molecule has 0 spiro atoms. The average Bonchev–Trinajstić information content (AvgIpc) is 2.47. The van der Waals surface area contributed by atoms with Gasteiger partial charge in [0.1, 0.15) is 5.82 Å². The van der Waals surface area contributed by atoms with Crippen LogP contribution in [0, 0.1) is 19.7 Å². The van der Waals surface area contributed by atoms with Gasteiger partial charge in [0.25, 0.3) is 0 Å². The molecule has 0 aliphatic carbocycles. The zero-order valence-corrected chi connectivity index (χ0v) is 13.7. The maximum Gasteiger partial charge on any atom is 0.191 e. The molecule has 2 aromatic carbocycles. The first kappa shape index (κ1) is 16.4. The Balaban J connectivity index is 2.01. The van der Waals surface area contributed by atoms with Crippen LogP contribution >= 0.6 is 23.8 Å². The Morgan fingerprint density at radius 3 is 2.68 bits per heavy atom. The zero-order valence-electron chi connectivity index (χ0n) is 12.2. The number of halogens is 2. The summed E-state index contributed by atoms with van der Waals surface area (Å²) in [4.78, 5) is 0. The minimum Gasteiger partial charge on any atom is -0.331 e. The van der Waals surface area contributed by atoms with E-state index in [0.29, 0.717) is 10.1 Å². The fraction of sp³-hybridized carbons (Fsp3) is 0.125. The third-order valence-corrected chi connectivity index (χ3v) is 3.74. The van der Waals surface area contributed by atoms with Gasteiger partial charge in [0.05, 0.1) is 11.2 Å². The second-order valence-corrected chi connectivity index (χ2v) is 5.52. The summed E-state index contributed by atoms with van der Waals surface area (Å²) in [5.41, 5.74) is 6.02. The van der Waals surface area contributed by atoms with Crippen molar-refractivity contribution in [3.05, 3.63) is 63.9 Å². The second-order valence-electron chi connectivity index (χ2n) is 4.71. The van der Waals surface area contributed by atoms with E-state index in [1.54, 1.807) is 6.07 Å². The smallest absolute Gasteiger partial charge is 0.191 e. The van der Waals surface area contributed by atoms with Crippen molar-refractivity contribution in [1.82, 2.24) is 5.43 Å². The molecule has 2 N–H and O–H groups in total. The number of nitrogens with zero attached hydrogens (tertiary/aromatic N) is 1. The zero-order chi connectivity index (χ0) is 16.1. The Kier molecular flexibility index (Phi) is 5.46. The Labute approximate surface area is 139 Å². The topological polar surface area (TPSA) is 36.4 Å². The van der Waals surface area contributed by atoms with Crippen molar-refractivity contribution < 1.29 is 4.39 Å². The third kappa shape index (κ3) is 4.02. The van der Waals surface area contributed by atoms with Gasteiger partial charge in [-0.3, -0.25) is 5.43 Å². The second kappa shape index (κ2) is 7.33. The monoisotopic (exact) mass is 335 g/mol. The van der Waals surface area contributed by atoms with E-state index in [-0.39, 0.29) is 5.56 Å². The van der Waals surface area contributed by atoms with Crippen LogP contribution in [0.4, 0.5) is 10.1 Å². The van der Waals surface area contributed by atoms with Crippen LogP contribution in [0.3, 0.4) is 0 Å². The van der Waals surface area contributed by atoms with E-state index in [4.69, 9.17) is 23.8 Å². The van der Waals surface area contributed by atoms with E-state index in [9.17, 15) is 4.39 Å². The lowest BCUT2D eigenvalue weighted by Crippen LogP contribution is -2.24. The summed E-state index contributed by atoms with van der Waals surface area (Å²) < 4.78 is 13.6. The lowest BCUT2D eigenvalue weighted by Gasteiger charge is -2.11. The highest BCUT2D eigenvalue weighted by molar-refractivity contribution is 7.80. The molecular weight excluding hydrogens is 321 g/mol. The number of hydrazone groups is 1. The predicted octanol–water partition coefficient (Wildman–Crippen LogP) is 4.42. The highest BCUT2D eigenvalue weighted by Gasteiger charge is 2.04. The van der Waals surface area contributed by atoms with E-state index < -0.39 is 5.82 Å². The molecule has 0 atom stereocenters. The first-order chi connectivity index (χ1) is 10.5. The van der Waals surface area contributed by atoms with E-state index in [2.05, 4.69) is 15.8 Å². The molecule has 0 aliphatic rings. The van der Waals surface area contributed by atoms with Crippen LogP contribution in [0.2, 0.25) is 5.02 Å². The summed E-state index contributed by atoms with van der Waals surface area (Å²) >= 11 is 11.1. The standard InChI is InChI=1S/C16H15ClFN3S/c1-10-5-3-8-15(11(10)2)20-16(22)21-19-9-12-13(17)6-4-7-14(12)18/h3-9H,1-2H3,(H2,20,21,22). The number of benzene rings is 2. The van der Waals surface area contributed by atoms with Crippen molar-refractivity contribution in [2.45, 2.75) is 13.8 Å². The summed E-state index contributed by atoms with van der Waals surface area (Å²) in [5.74, 6) is -0.438. The number of anilines is 1. The molecule has 22 heavy (non-hydrogen) atoms. The average molecular weight is 336 g/mol. The molecule has 0 aliphatic heterocycles. The van der Waals surface area contributed by atoms with Crippen LogP contribution in [-0.2, 0) is 0 Å². The van der Waals surface area contributed by atoms with E-state index in [1.807, 2.05) is 32.0 Å². The van der Waals surface area contributed by atoms with Gasteiger partial charge in [-0.15, -0.1) is 0 Å². The molecule has 2 aromatic rings. The summed E-state index contributed by atoms with van der Waals surface area (Å²) in [6.45, 7) is 4.03. The molecule has 3 nitrogen and oxygen atoms in total. The number of rotatable bonds is 3. The molecule has 2 rings (SSSR count). The first-order valence-corrected chi connectivity index (χ1v) is 7.38. The summed E-state index contributed by atoms with van der Waals surface area (Å²) in [5, 5.41) is 7.56. The number of nitrogens with one attached hydrogen (secondary N) is 2. The number of hydrogen-bond donors (Lipinski definition) is 2. The summed E-state index contributed by atoms with van der Waals surface area (Å²) in [6.07, 6.45) is 1.30.